The van der Waals surface area contributed by atoms with Crippen LogP contribution in [0.15, 0.2) is 57.2 Å². The zero-order chi connectivity index (χ0) is 25.5. The summed E-state index contributed by atoms with van der Waals surface area (Å²) in [6, 6.07) is 10.6. The van der Waals surface area contributed by atoms with Crippen molar-refractivity contribution in [2.24, 2.45) is 11.1 Å². The van der Waals surface area contributed by atoms with E-state index in [1.807, 2.05) is 13.8 Å². The Labute approximate surface area is 213 Å². The molecule has 0 spiro atoms. The third-order valence-corrected chi connectivity index (χ3v) is 8.87. The summed E-state index contributed by atoms with van der Waals surface area (Å²) in [6.07, 6.45) is 1.79. The van der Waals surface area contributed by atoms with E-state index in [2.05, 4.69) is 26.0 Å². The van der Waals surface area contributed by atoms with E-state index in [1.165, 1.54) is 17.0 Å². The number of anilines is 1. The number of nitro benzene ring substituents is 1. The molecule has 1 aromatic heterocycles. The highest BCUT2D eigenvalue weighted by Gasteiger charge is 2.45. The molecule has 1 aliphatic carbocycles. The minimum Gasteiger partial charge on any atom is -0.384 e. The molecule has 182 valence electrons. The van der Waals surface area contributed by atoms with Gasteiger partial charge in [0.25, 0.3) is 5.69 Å². The van der Waals surface area contributed by atoms with Crippen molar-refractivity contribution in [2.75, 3.05) is 10.7 Å². The molecular formula is C26H28N4O3S2. The Balaban J connectivity index is 2.01. The summed E-state index contributed by atoms with van der Waals surface area (Å²) in [5, 5.41) is 21.8. The fourth-order valence-electron chi connectivity index (χ4n) is 4.92. The Hall–Kier alpha value is -3.09. The van der Waals surface area contributed by atoms with Crippen molar-refractivity contribution < 1.29 is 9.72 Å². The molecule has 9 heteroatoms. The van der Waals surface area contributed by atoms with Gasteiger partial charge in [-0.05, 0) is 41.7 Å². The number of carbonyl (C=O) groups excluding carboxylic acids is 1. The lowest BCUT2D eigenvalue weighted by Crippen LogP contribution is -2.42. The van der Waals surface area contributed by atoms with E-state index < -0.39 is 10.8 Å². The van der Waals surface area contributed by atoms with Gasteiger partial charge in [0.1, 0.15) is 5.82 Å². The number of hydrogen-bond acceptors (Lipinski definition) is 8. The van der Waals surface area contributed by atoms with Crippen molar-refractivity contribution >= 4 is 40.3 Å². The first kappa shape index (κ1) is 25.0. The van der Waals surface area contributed by atoms with Crippen LogP contribution in [0.3, 0.4) is 0 Å². The molecule has 2 aromatic rings. The molecular weight excluding hydrogens is 480 g/mol. The number of thiophene rings is 1. The van der Waals surface area contributed by atoms with E-state index in [0.717, 1.165) is 27.6 Å². The molecule has 0 radical (unpaired) electrons. The van der Waals surface area contributed by atoms with Crippen LogP contribution in [0.1, 0.15) is 56.9 Å². The Kier molecular flexibility index (Phi) is 6.80. The quantitative estimate of drug-likeness (QED) is 0.278. The molecule has 1 unspecified atom stereocenters. The lowest BCUT2D eigenvalue weighted by atomic mass is 9.69. The average molecular weight is 509 g/mol. The van der Waals surface area contributed by atoms with Gasteiger partial charge in [-0.1, -0.05) is 33.8 Å². The van der Waals surface area contributed by atoms with Crippen molar-refractivity contribution in [1.82, 2.24) is 0 Å². The zero-order valence-electron chi connectivity index (χ0n) is 20.3. The maximum absolute atomic E-state index is 13.7. The molecule has 2 aliphatic rings. The second-order valence-corrected chi connectivity index (χ2v) is 12.2. The van der Waals surface area contributed by atoms with E-state index in [0.29, 0.717) is 29.7 Å². The highest BCUT2D eigenvalue weighted by atomic mass is 32.2. The number of nitriles is 1. The lowest BCUT2D eigenvalue weighted by Gasteiger charge is -2.43. The van der Waals surface area contributed by atoms with Crippen LogP contribution < -0.4 is 10.6 Å². The fraction of sp³-hybridized carbons (Fsp3) is 0.385. The number of nitrogens with two attached hydrogens (primary N) is 1. The second kappa shape index (κ2) is 9.51. The van der Waals surface area contributed by atoms with Crippen LogP contribution in [-0.2, 0) is 11.2 Å². The van der Waals surface area contributed by atoms with E-state index in [1.54, 1.807) is 40.1 Å². The molecule has 0 fully saturated rings. The van der Waals surface area contributed by atoms with Gasteiger partial charge in [0.2, 0.25) is 0 Å². The Morgan fingerprint density at radius 2 is 2.06 bits per heavy atom. The molecule has 0 saturated heterocycles. The molecule has 0 saturated carbocycles. The number of aryl methyl sites for hydroxylation is 1. The molecule has 1 aliphatic heterocycles. The average Bonchev–Trinajstić information content (AvgIpc) is 3.20. The number of thioether (sulfide) groups is 1. The van der Waals surface area contributed by atoms with Crippen LogP contribution in [0.4, 0.5) is 11.4 Å². The number of Topliss-reactive ketones (excluding diaryl/α,β-unsaturated/α-hetero) is 1. The summed E-state index contributed by atoms with van der Waals surface area (Å²) in [7, 11) is 0. The smallest absolute Gasteiger partial charge is 0.271 e. The minimum atomic E-state index is -0.542. The number of nitrogens with zero attached hydrogens (tertiary/aromatic N) is 3. The van der Waals surface area contributed by atoms with Crippen molar-refractivity contribution in [1.29, 1.82) is 5.26 Å². The predicted molar refractivity (Wildman–Crippen MR) is 140 cm³/mol. The molecule has 2 N–H and O–H groups in total. The van der Waals surface area contributed by atoms with E-state index >= 15 is 0 Å². The van der Waals surface area contributed by atoms with Gasteiger partial charge in [0, 0.05) is 34.7 Å². The van der Waals surface area contributed by atoms with Crippen LogP contribution in [-0.4, -0.2) is 16.5 Å². The van der Waals surface area contributed by atoms with Crippen LogP contribution in [0, 0.1) is 26.9 Å². The minimum absolute atomic E-state index is 0.00590. The number of rotatable bonds is 6. The van der Waals surface area contributed by atoms with Gasteiger partial charge < -0.3 is 5.73 Å². The zero-order valence-corrected chi connectivity index (χ0v) is 21.9. The predicted octanol–water partition coefficient (Wildman–Crippen LogP) is 6.27. The number of hydrogen-bond donors (Lipinski definition) is 1. The van der Waals surface area contributed by atoms with Crippen molar-refractivity contribution in [3.05, 3.63) is 73.6 Å². The summed E-state index contributed by atoms with van der Waals surface area (Å²) in [4.78, 5) is 27.6. The number of carbonyl (C=O) groups is 1. The van der Waals surface area contributed by atoms with Gasteiger partial charge in [-0.25, -0.2) is 0 Å². The Bertz CT molecular complexity index is 1320. The SMILES string of the molecule is CCSc1sc(CC)cc1C1C(C#N)=C(N)N(c2cccc([N+](=O)[O-])c2)C2=C1C(=O)CC(C)(C)C2. The fourth-order valence-corrected chi connectivity index (χ4v) is 7.30. The van der Waals surface area contributed by atoms with E-state index in [-0.39, 0.29) is 22.7 Å². The summed E-state index contributed by atoms with van der Waals surface area (Å²) < 4.78 is 1.10. The third kappa shape index (κ3) is 4.48. The number of non-ortho nitro benzene ring substituents is 1. The third-order valence-electron chi connectivity index (χ3n) is 6.39. The van der Waals surface area contributed by atoms with E-state index in [9.17, 15) is 20.2 Å². The topological polar surface area (TPSA) is 113 Å². The molecule has 0 bridgehead atoms. The number of benzene rings is 1. The second-order valence-electron chi connectivity index (χ2n) is 9.50. The standard InChI is InChI=1S/C26H28N4O3S2/c1-5-17-11-18(25(35-17)34-6-2)22-19(14-27)24(28)29(15-8-7-9-16(10-15)30(32)33)20-12-26(3,4)13-21(31)23(20)22/h7-11,22H,5-6,12-13,28H2,1-4H3. The number of allylic oxidation sites excluding steroid dienone is 3. The molecule has 0 amide bonds. The van der Waals surface area contributed by atoms with Gasteiger partial charge >= 0.3 is 0 Å². The summed E-state index contributed by atoms with van der Waals surface area (Å²) in [5.74, 6) is 0.545. The normalized spacial score (nSPS) is 19.6. The van der Waals surface area contributed by atoms with Crippen LogP contribution >= 0.6 is 23.1 Å². The first-order valence-electron chi connectivity index (χ1n) is 11.6. The Morgan fingerprint density at radius 1 is 1.31 bits per heavy atom. The lowest BCUT2D eigenvalue weighted by molar-refractivity contribution is -0.384. The highest BCUT2D eigenvalue weighted by Crippen LogP contribution is 2.52. The molecule has 2 heterocycles. The Morgan fingerprint density at radius 3 is 2.69 bits per heavy atom. The highest BCUT2D eigenvalue weighted by molar-refractivity contribution is 8.01. The maximum atomic E-state index is 13.7. The summed E-state index contributed by atoms with van der Waals surface area (Å²) in [5.41, 5.74) is 9.35. The first-order valence-corrected chi connectivity index (χ1v) is 13.4. The molecule has 35 heavy (non-hydrogen) atoms. The van der Waals surface area contributed by atoms with Gasteiger partial charge in [-0.2, -0.15) is 5.26 Å². The van der Waals surface area contributed by atoms with Crippen LogP contribution in [0.25, 0.3) is 0 Å². The van der Waals surface area contributed by atoms with Crippen molar-refractivity contribution in [2.45, 2.75) is 57.1 Å². The van der Waals surface area contributed by atoms with Crippen molar-refractivity contribution in [3.63, 3.8) is 0 Å². The maximum Gasteiger partial charge on any atom is 0.271 e. The number of nitro groups is 1. The first-order chi connectivity index (χ1) is 16.6. The van der Waals surface area contributed by atoms with Crippen molar-refractivity contribution in [3.8, 4) is 6.07 Å². The van der Waals surface area contributed by atoms with Gasteiger partial charge in [0.15, 0.2) is 5.78 Å². The van der Waals surface area contributed by atoms with E-state index in [4.69, 9.17) is 5.73 Å². The van der Waals surface area contributed by atoms with Gasteiger partial charge in [-0.15, -0.1) is 23.1 Å². The van der Waals surface area contributed by atoms with Gasteiger partial charge in [-0.3, -0.25) is 19.8 Å². The number of ketones is 1. The van der Waals surface area contributed by atoms with Crippen LogP contribution in [0.5, 0.6) is 0 Å². The molecule has 4 rings (SSSR count). The van der Waals surface area contributed by atoms with Gasteiger partial charge in [0.05, 0.1) is 32.4 Å². The largest absolute Gasteiger partial charge is 0.384 e. The molecule has 1 atom stereocenters. The molecule has 1 aromatic carbocycles. The molecule has 7 nitrogen and oxygen atoms in total. The summed E-state index contributed by atoms with van der Waals surface area (Å²) in [6.45, 7) is 8.24. The monoisotopic (exact) mass is 508 g/mol. The summed E-state index contributed by atoms with van der Waals surface area (Å²) >= 11 is 3.41. The van der Waals surface area contributed by atoms with Crippen LogP contribution in [0.2, 0.25) is 0 Å².